The number of carboxylic acids is 1. The van der Waals surface area contributed by atoms with E-state index in [1.807, 2.05) is 35.2 Å². The molecule has 19 heavy (non-hydrogen) atoms. The Labute approximate surface area is 109 Å². The Morgan fingerprint density at radius 1 is 1.32 bits per heavy atom. The van der Waals surface area contributed by atoms with E-state index in [4.69, 9.17) is 9.52 Å². The van der Waals surface area contributed by atoms with Crippen LogP contribution in [0, 0.1) is 5.92 Å². The smallest absolute Gasteiger partial charge is 0.309 e. The van der Waals surface area contributed by atoms with Gasteiger partial charge in [-0.15, -0.1) is 10.2 Å². The molecule has 0 amide bonds. The maximum absolute atomic E-state index is 10.7. The van der Waals surface area contributed by atoms with E-state index in [2.05, 4.69) is 10.2 Å². The van der Waals surface area contributed by atoms with Crippen molar-refractivity contribution in [3.05, 3.63) is 36.2 Å². The first-order chi connectivity index (χ1) is 9.22. The predicted molar refractivity (Wildman–Crippen MR) is 66.1 cm³/mol. The van der Waals surface area contributed by atoms with Crippen molar-refractivity contribution < 1.29 is 14.3 Å². The molecule has 0 unspecified atom stereocenters. The molecule has 1 fully saturated rings. The van der Waals surface area contributed by atoms with E-state index in [1.54, 1.807) is 0 Å². The van der Waals surface area contributed by atoms with Crippen LogP contribution in [-0.2, 0) is 11.3 Å². The molecule has 3 rings (SSSR count). The first-order valence-electron chi connectivity index (χ1n) is 6.05. The first kappa shape index (κ1) is 11.9. The van der Waals surface area contributed by atoms with Crippen LogP contribution >= 0.6 is 0 Å². The van der Waals surface area contributed by atoms with Crippen molar-refractivity contribution in [3.8, 4) is 11.5 Å². The highest BCUT2D eigenvalue weighted by atomic mass is 16.4. The standard InChI is InChI=1S/C13H13N3O3/c17-13(18)10-6-16(7-10)8-11-14-15-12(19-11)9-4-2-1-3-5-9/h1-5,10H,6-8H2,(H,17,18). The lowest BCUT2D eigenvalue weighted by atomic mass is 10.0. The van der Waals surface area contributed by atoms with Gasteiger partial charge in [-0.05, 0) is 12.1 Å². The number of benzene rings is 1. The summed E-state index contributed by atoms with van der Waals surface area (Å²) in [4.78, 5) is 12.7. The molecule has 0 saturated carbocycles. The minimum Gasteiger partial charge on any atom is -0.481 e. The highest BCUT2D eigenvalue weighted by Crippen LogP contribution is 2.21. The van der Waals surface area contributed by atoms with Crippen molar-refractivity contribution in [3.63, 3.8) is 0 Å². The summed E-state index contributed by atoms with van der Waals surface area (Å²) in [7, 11) is 0. The van der Waals surface area contributed by atoms with E-state index in [0.717, 1.165) is 5.56 Å². The molecule has 0 bridgehead atoms. The van der Waals surface area contributed by atoms with Gasteiger partial charge in [-0.1, -0.05) is 18.2 Å². The average Bonchev–Trinajstić information content (AvgIpc) is 2.82. The number of carbonyl (C=O) groups is 1. The Hall–Kier alpha value is -2.21. The van der Waals surface area contributed by atoms with Gasteiger partial charge in [0.15, 0.2) is 0 Å². The highest BCUT2D eigenvalue weighted by molar-refractivity contribution is 5.71. The summed E-state index contributed by atoms with van der Waals surface area (Å²) in [6.45, 7) is 1.58. The van der Waals surface area contributed by atoms with Gasteiger partial charge in [-0.3, -0.25) is 9.69 Å². The van der Waals surface area contributed by atoms with Gasteiger partial charge >= 0.3 is 5.97 Å². The van der Waals surface area contributed by atoms with Crippen LogP contribution in [0.5, 0.6) is 0 Å². The molecule has 1 aromatic carbocycles. The van der Waals surface area contributed by atoms with Gasteiger partial charge in [0.05, 0.1) is 12.5 Å². The van der Waals surface area contributed by atoms with Crippen LogP contribution in [0.15, 0.2) is 34.7 Å². The second kappa shape index (κ2) is 4.81. The number of likely N-dealkylation sites (tertiary alicyclic amines) is 1. The summed E-state index contributed by atoms with van der Waals surface area (Å²) < 4.78 is 5.56. The molecule has 1 saturated heterocycles. The van der Waals surface area contributed by atoms with Gasteiger partial charge in [-0.25, -0.2) is 0 Å². The molecule has 1 aliphatic rings. The molecule has 98 valence electrons. The lowest BCUT2D eigenvalue weighted by Gasteiger charge is -2.35. The van der Waals surface area contributed by atoms with Crippen molar-refractivity contribution in [1.82, 2.24) is 15.1 Å². The maximum atomic E-state index is 10.7. The second-order valence-electron chi connectivity index (χ2n) is 4.60. The fraction of sp³-hybridized carbons (Fsp3) is 0.308. The maximum Gasteiger partial charge on any atom is 0.309 e. The Kier molecular flexibility index (Phi) is 3.00. The number of carboxylic acid groups (broad SMARTS) is 1. The SMILES string of the molecule is O=C(O)C1CN(Cc2nnc(-c3ccccc3)o2)C1. The molecule has 1 aromatic heterocycles. The fourth-order valence-electron chi connectivity index (χ4n) is 2.06. The Morgan fingerprint density at radius 2 is 2.05 bits per heavy atom. The third-order valence-corrected chi connectivity index (χ3v) is 3.15. The number of hydrogen-bond donors (Lipinski definition) is 1. The molecule has 0 spiro atoms. The summed E-state index contributed by atoms with van der Waals surface area (Å²) in [5.41, 5.74) is 0.883. The third-order valence-electron chi connectivity index (χ3n) is 3.15. The summed E-state index contributed by atoms with van der Waals surface area (Å²) in [5, 5.41) is 16.8. The zero-order chi connectivity index (χ0) is 13.2. The summed E-state index contributed by atoms with van der Waals surface area (Å²) >= 11 is 0. The van der Waals surface area contributed by atoms with Crippen molar-refractivity contribution in [2.75, 3.05) is 13.1 Å². The molecular formula is C13H13N3O3. The van der Waals surface area contributed by atoms with Gasteiger partial charge < -0.3 is 9.52 Å². The van der Waals surface area contributed by atoms with Gasteiger partial charge in [0.1, 0.15) is 0 Å². The third kappa shape index (κ3) is 2.48. The van der Waals surface area contributed by atoms with E-state index in [-0.39, 0.29) is 5.92 Å². The molecule has 0 radical (unpaired) electrons. The summed E-state index contributed by atoms with van der Waals surface area (Å²) in [5.74, 6) is -0.00290. The molecule has 2 aromatic rings. The molecule has 0 aliphatic carbocycles. The molecular weight excluding hydrogens is 246 g/mol. The normalized spacial score (nSPS) is 16.2. The van der Waals surface area contributed by atoms with E-state index >= 15 is 0 Å². The van der Waals surface area contributed by atoms with Gasteiger partial charge in [0.2, 0.25) is 11.8 Å². The summed E-state index contributed by atoms with van der Waals surface area (Å²) in [6, 6.07) is 9.55. The van der Waals surface area contributed by atoms with E-state index in [9.17, 15) is 4.79 Å². The zero-order valence-electron chi connectivity index (χ0n) is 10.2. The fourth-order valence-corrected chi connectivity index (χ4v) is 2.06. The van der Waals surface area contributed by atoms with Crippen LogP contribution in [0.1, 0.15) is 5.89 Å². The molecule has 2 heterocycles. The Morgan fingerprint density at radius 3 is 2.74 bits per heavy atom. The molecule has 6 nitrogen and oxygen atoms in total. The van der Waals surface area contributed by atoms with Crippen LogP contribution in [-0.4, -0.2) is 39.3 Å². The highest BCUT2D eigenvalue weighted by Gasteiger charge is 2.33. The monoisotopic (exact) mass is 259 g/mol. The van der Waals surface area contributed by atoms with Gasteiger partial charge in [-0.2, -0.15) is 0 Å². The lowest BCUT2D eigenvalue weighted by molar-refractivity contribution is -0.147. The Balaban J connectivity index is 1.62. The molecule has 1 aliphatic heterocycles. The average molecular weight is 259 g/mol. The minimum atomic E-state index is -0.744. The van der Waals surface area contributed by atoms with E-state index in [0.29, 0.717) is 31.4 Å². The van der Waals surface area contributed by atoms with Gasteiger partial charge in [0.25, 0.3) is 0 Å². The van der Waals surface area contributed by atoms with Crippen molar-refractivity contribution in [2.45, 2.75) is 6.54 Å². The van der Waals surface area contributed by atoms with Crippen molar-refractivity contribution in [1.29, 1.82) is 0 Å². The van der Waals surface area contributed by atoms with Crippen LogP contribution in [0.2, 0.25) is 0 Å². The van der Waals surface area contributed by atoms with Crippen molar-refractivity contribution in [2.24, 2.45) is 5.92 Å². The number of hydrogen-bond acceptors (Lipinski definition) is 5. The van der Waals surface area contributed by atoms with Gasteiger partial charge in [0, 0.05) is 18.7 Å². The Bertz CT molecular complexity index is 576. The first-order valence-corrected chi connectivity index (χ1v) is 6.05. The van der Waals surface area contributed by atoms with E-state index < -0.39 is 5.97 Å². The number of aliphatic carboxylic acids is 1. The van der Waals surface area contributed by atoms with Crippen LogP contribution in [0.25, 0.3) is 11.5 Å². The topological polar surface area (TPSA) is 79.5 Å². The molecule has 6 heteroatoms. The van der Waals surface area contributed by atoms with Crippen LogP contribution in [0.3, 0.4) is 0 Å². The molecule has 0 atom stereocenters. The second-order valence-corrected chi connectivity index (χ2v) is 4.60. The number of aromatic nitrogens is 2. The lowest BCUT2D eigenvalue weighted by Crippen LogP contribution is -2.49. The number of nitrogens with zero attached hydrogens (tertiary/aromatic N) is 3. The largest absolute Gasteiger partial charge is 0.481 e. The quantitative estimate of drug-likeness (QED) is 0.890. The predicted octanol–water partition coefficient (Wildman–Crippen LogP) is 1.25. The zero-order valence-corrected chi connectivity index (χ0v) is 10.2. The van der Waals surface area contributed by atoms with Crippen LogP contribution in [0.4, 0.5) is 0 Å². The molecule has 1 N–H and O–H groups in total. The number of rotatable bonds is 4. The van der Waals surface area contributed by atoms with Crippen molar-refractivity contribution >= 4 is 5.97 Å². The summed E-state index contributed by atoms with van der Waals surface area (Å²) in [6.07, 6.45) is 0. The van der Waals surface area contributed by atoms with Crippen LogP contribution < -0.4 is 0 Å². The van der Waals surface area contributed by atoms with E-state index in [1.165, 1.54) is 0 Å². The minimum absolute atomic E-state index is 0.267.